The van der Waals surface area contributed by atoms with Crippen LogP contribution in [0.2, 0.25) is 0 Å². The molecule has 0 unspecified atom stereocenters. The summed E-state index contributed by atoms with van der Waals surface area (Å²) >= 11 is 0. The number of benzene rings is 1. The third kappa shape index (κ3) is 2.21. The molecule has 1 saturated heterocycles. The van der Waals surface area contributed by atoms with Crippen LogP contribution in [0.1, 0.15) is 13.3 Å². The van der Waals surface area contributed by atoms with Crippen molar-refractivity contribution in [3.63, 3.8) is 0 Å². The van der Waals surface area contributed by atoms with Gasteiger partial charge >= 0.3 is 0 Å². The Labute approximate surface area is 97.0 Å². The Morgan fingerprint density at radius 2 is 1.81 bits per heavy atom. The average Bonchev–Trinajstić information content (AvgIpc) is 2.15. The van der Waals surface area contributed by atoms with Crippen LogP contribution in [-0.4, -0.2) is 27.8 Å². The molecule has 0 atom stereocenters. The van der Waals surface area contributed by atoms with Gasteiger partial charge < -0.3 is 4.90 Å². The molecule has 1 aliphatic heterocycles. The molecule has 1 aliphatic rings. The van der Waals surface area contributed by atoms with Gasteiger partial charge in [-0.05, 0) is 36.6 Å². The highest BCUT2D eigenvalue weighted by Gasteiger charge is 2.25. The standard InChI is InChI=1S/C12H17NO2S/c1-3-10-8-13(9-10)11-4-6-12(7-5-11)16(2,14)15/h4-7,10H,3,8-9H2,1-2H3. The molecular formula is C12H17NO2S. The van der Waals surface area contributed by atoms with Gasteiger partial charge in [0.2, 0.25) is 0 Å². The van der Waals surface area contributed by atoms with Crippen molar-refractivity contribution >= 4 is 15.5 Å². The van der Waals surface area contributed by atoms with Crippen molar-refractivity contribution in [1.29, 1.82) is 0 Å². The summed E-state index contributed by atoms with van der Waals surface area (Å²) in [5.74, 6) is 0.801. The minimum Gasteiger partial charge on any atom is -0.371 e. The van der Waals surface area contributed by atoms with Gasteiger partial charge in [0, 0.05) is 25.0 Å². The maximum Gasteiger partial charge on any atom is 0.175 e. The summed E-state index contributed by atoms with van der Waals surface area (Å²) in [6.45, 7) is 4.39. The molecule has 0 N–H and O–H groups in total. The van der Waals surface area contributed by atoms with E-state index in [1.54, 1.807) is 12.1 Å². The van der Waals surface area contributed by atoms with Crippen LogP contribution in [-0.2, 0) is 9.84 Å². The van der Waals surface area contributed by atoms with Gasteiger partial charge in [-0.25, -0.2) is 8.42 Å². The van der Waals surface area contributed by atoms with E-state index in [1.165, 1.54) is 12.7 Å². The Morgan fingerprint density at radius 3 is 2.25 bits per heavy atom. The van der Waals surface area contributed by atoms with E-state index in [0.717, 1.165) is 24.7 Å². The summed E-state index contributed by atoms with van der Waals surface area (Å²) in [5.41, 5.74) is 1.12. The number of sulfone groups is 1. The molecule has 2 rings (SSSR count). The van der Waals surface area contributed by atoms with E-state index in [9.17, 15) is 8.42 Å². The summed E-state index contributed by atoms with van der Waals surface area (Å²) in [6, 6.07) is 7.15. The molecule has 0 bridgehead atoms. The van der Waals surface area contributed by atoms with Crippen LogP contribution in [0.3, 0.4) is 0 Å². The average molecular weight is 239 g/mol. The Bertz CT molecular complexity index is 458. The first-order chi connectivity index (χ1) is 7.50. The monoisotopic (exact) mass is 239 g/mol. The number of hydrogen-bond acceptors (Lipinski definition) is 3. The smallest absolute Gasteiger partial charge is 0.175 e. The molecule has 16 heavy (non-hydrogen) atoms. The summed E-state index contributed by atoms with van der Waals surface area (Å²) in [5, 5.41) is 0. The van der Waals surface area contributed by atoms with Crippen LogP contribution < -0.4 is 4.90 Å². The SMILES string of the molecule is CCC1CN(c2ccc(S(C)(=O)=O)cc2)C1. The molecular weight excluding hydrogens is 222 g/mol. The van der Waals surface area contributed by atoms with Crippen LogP contribution in [0.15, 0.2) is 29.2 Å². The van der Waals surface area contributed by atoms with E-state index in [-0.39, 0.29) is 0 Å². The largest absolute Gasteiger partial charge is 0.371 e. The molecule has 0 saturated carbocycles. The lowest BCUT2D eigenvalue weighted by molar-refractivity contribution is 0.399. The Kier molecular flexibility index (Phi) is 2.93. The minimum atomic E-state index is -3.07. The molecule has 1 heterocycles. The zero-order chi connectivity index (χ0) is 11.8. The van der Waals surface area contributed by atoms with E-state index in [4.69, 9.17) is 0 Å². The second kappa shape index (κ2) is 4.09. The van der Waals surface area contributed by atoms with Gasteiger partial charge in [0.1, 0.15) is 0 Å². The normalized spacial score (nSPS) is 17.2. The lowest BCUT2D eigenvalue weighted by Crippen LogP contribution is -2.46. The zero-order valence-corrected chi connectivity index (χ0v) is 10.5. The predicted molar refractivity (Wildman–Crippen MR) is 65.5 cm³/mol. The number of anilines is 1. The molecule has 0 aromatic heterocycles. The Balaban J connectivity index is 2.10. The maximum absolute atomic E-state index is 11.3. The Morgan fingerprint density at radius 1 is 1.25 bits per heavy atom. The van der Waals surface area contributed by atoms with Crippen LogP contribution in [0.4, 0.5) is 5.69 Å². The van der Waals surface area contributed by atoms with Gasteiger partial charge in [0.05, 0.1) is 4.90 Å². The first-order valence-electron chi connectivity index (χ1n) is 5.55. The molecule has 1 aromatic rings. The molecule has 0 aliphatic carbocycles. The number of hydrogen-bond donors (Lipinski definition) is 0. The quantitative estimate of drug-likeness (QED) is 0.809. The van der Waals surface area contributed by atoms with Gasteiger partial charge in [0.25, 0.3) is 0 Å². The molecule has 1 fully saturated rings. The maximum atomic E-state index is 11.3. The second-order valence-electron chi connectivity index (χ2n) is 4.45. The first kappa shape index (κ1) is 11.5. The molecule has 1 aromatic carbocycles. The molecule has 0 radical (unpaired) electrons. The van der Waals surface area contributed by atoms with Crippen LogP contribution in [0.25, 0.3) is 0 Å². The Hall–Kier alpha value is -1.03. The lowest BCUT2D eigenvalue weighted by atomic mass is 9.97. The van der Waals surface area contributed by atoms with Crippen LogP contribution in [0, 0.1) is 5.92 Å². The fourth-order valence-corrected chi connectivity index (χ4v) is 2.57. The first-order valence-corrected chi connectivity index (χ1v) is 7.45. The third-order valence-electron chi connectivity index (χ3n) is 3.16. The fraction of sp³-hybridized carbons (Fsp3) is 0.500. The molecule has 3 nitrogen and oxygen atoms in total. The second-order valence-corrected chi connectivity index (χ2v) is 6.46. The van der Waals surface area contributed by atoms with Gasteiger partial charge in [0.15, 0.2) is 9.84 Å². The summed E-state index contributed by atoms with van der Waals surface area (Å²) in [4.78, 5) is 2.67. The summed E-state index contributed by atoms with van der Waals surface area (Å²) < 4.78 is 22.6. The summed E-state index contributed by atoms with van der Waals surface area (Å²) in [6.07, 6.45) is 2.46. The number of rotatable bonds is 3. The van der Waals surface area contributed by atoms with Crippen molar-refractivity contribution in [2.45, 2.75) is 18.2 Å². The van der Waals surface area contributed by atoms with E-state index in [2.05, 4.69) is 11.8 Å². The van der Waals surface area contributed by atoms with E-state index >= 15 is 0 Å². The van der Waals surface area contributed by atoms with E-state index in [0.29, 0.717) is 4.90 Å². The van der Waals surface area contributed by atoms with Gasteiger partial charge in [-0.1, -0.05) is 6.92 Å². The highest BCUT2D eigenvalue weighted by molar-refractivity contribution is 7.90. The van der Waals surface area contributed by atoms with Crippen molar-refractivity contribution in [3.05, 3.63) is 24.3 Å². The molecule has 0 amide bonds. The fourth-order valence-electron chi connectivity index (χ4n) is 1.94. The van der Waals surface area contributed by atoms with E-state index in [1.807, 2.05) is 12.1 Å². The van der Waals surface area contributed by atoms with Crippen molar-refractivity contribution in [3.8, 4) is 0 Å². The summed E-state index contributed by atoms with van der Waals surface area (Å²) in [7, 11) is -3.07. The molecule has 0 spiro atoms. The molecule has 4 heteroatoms. The van der Waals surface area contributed by atoms with Gasteiger partial charge in [-0.2, -0.15) is 0 Å². The van der Waals surface area contributed by atoms with Crippen molar-refractivity contribution in [1.82, 2.24) is 0 Å². The molecule has 88 valence electrons. The highest BCUT2D eigenvalue weighted by Crippen LogP contribution is 2.27. The number of nitrogens with zero attached hydrogens (tertiary/aromatic N) is 1. The zero-order valence-electron chi connectivity index (χ0n) is 9.68. The topological polar surface area (TPSA) is 37.4 Å². The van der Waals surface area contributed by atoms with Crippen molar-refractivity contribution < 1.29 is 8.42 Å². The lowest BCUT2D eigenvalue weighted by Gasteiger charge is -2.40. The van der Waals surface area contributed by atoms with Crippen molar-refractivity contribution in [2.24, 2.45) is 5.92 Å². The van der Waals surface area contributed by atoms with Gasteiger partial charge in [-0.15, -0.1) is 0 Å². The predicted octanol–water partition coefficient (Wildman–Crippen LogP) is 1.94. The van der Waals surface area contributed by atoms with Crippen LogP contribution >= 0.6 is 0 Å². The van der Waals surface area contributed by atoms with Gasteiger partial charge in [-0.3, -0.25) is 0 Å². The minimum absolute atomic E-state index is 0.392. The van der Waals surface area contributed by atoms with Crippen LogP contribution in [0.5, 0.6) is 0 Å². The third-order valence-corrected chi connectivity index (χ3v) is 4.29. The highest BCUT2D eigenvalue weighted by atomic mass is 32.2. The van der Waals surface area contributed by atoms with Crippen molar-refractivity contribution in [2.75, 3.05) is 24.2 Å². The van der Waals surface area contributed by atoms with E-state index < -0.39 is 9.84 Å².